The molecule has 2 rings (SSSR count). The fourth-order valence-corrected chi connectivity index (χ4v) is 2.42. The molecule has 0 saturated carbocycles. The predicted octanol–water partition coefficient (Wildman–Crippen LogP) is 2.80. The lowest BCUT2D eigenvalue weighted by atomic mass is 9.96. The van der Waals surface area contributed by atoms with Crippen LogP contribution in [0.1, 0.15) is 16.7 Å². The molecule has 2 aromatic carbocycles. The number of hydrogen-bond acceptors (Lipinski definition) is 3. The normalized spacial score (nSPS) is 10.3. The smallest absolute Gasteiger partial charge is 0.164 e. The number of benzene rings is 2. The third-order valence-electron chi connectivity index (χ3n) is 3.38. The topological polar surface area (TPSA) is 44.5 Å². The summed E-state index contributed by atoms with van der Waals surface area (Å²) in [4.78, 5) is 0. The van der Waals surface area contributed by atoms with Crippen molar-refractivity contribution < 1.29 is 9.47 Å². The zero-order valence-electron chi connectivity index (χ0n) is 12.1. The number of rotatable bonds is 6. The summed E-state index contributed by atoms with van der Waals surface area (Å²) >= 11 is 0. The number of hydrogen-bond donors (Lipinski definition) is 1. The van der Waals surface area contributed by atoms with E-state index in [2.05, 4.69) is 18.2 Å². The van der Waals surface area contributed by atoms with Crippen molar-refractivity contribution in [2.45, 2.75) is 12.8 Å². The van der Waals surface area contributed by atoms with Gasteiger partial charge in [0.25, 0.3) is 0 Å². The van der Waals surface area contributed by atoms with Gasteiger partial charge in [0.2, 0.25) is 0 Å². The van der Waals surface area contributed by atoms with E-state index in [4.69, 9.17) is 15.2 Å². The fraction of sp³-hybridized carbons (Fsp3) is 0.294. The first-order chi connectivity index (χ1) is 9.80. The Hall–Kier alpha value is -2.00. The molecule has 0 atom stereocenters. The van der Waals surface area contributed by atoms with Gasteiger partial charge >= 0.3 is 0 Å². The second-order valence-corrected chi connectivity index (χ2v) is 4.64. The van der Waals surface area contributed by atoms with Crippen molar-refractivity contribution in [2.75, 3.05) is 20.8 Å². The van der Waals surface area contributed by atoms with Gasteiger partial charge in [-0.05, 0) is 30.2 Å². The molecular formula is C17H21NO2. The molecule has 0 aliphatic heterocycles. The van der Waals surface area contributed by atoms with Crippen LogP contribution in [0.4, 0.5) is 0 Å². The van der Waals surface area contributed by atoms with E-state index in [0.29, 0.717) is 6.54 Å². The average molecular weight is 271 g/mol. The van der Waals surface area contributed by atoms with Crippen molar-refractivity contribution in [1.29, 1.82) is 0 Å². The van der Waals surface area contributed by atoms with Crippen LogP contribution in [0.5, 0.6) is 11.5 Å². The van der Waals surface area contributed by atoms with Crippen LogP contribution in [0.3, 0.4) is 0 Å². The number of ether oxygens (including phenoxy) is 2. The van der Waals surface area contributed by atoms with E-state index in [-0.39, 0.29) is 0 Å². The Morgan fingerprint density at radius 3 is 2.30 bits per heavy atom. The second-order valence-electron chi connectivity index (χ2n) is 4.64. The van der Waals surface area contributed by atoms with E-state index in [1.165, 1.54) is 11.1 Å². The Bertz CT molecular complexity index is 552. The first kappa shape index (κ1) is 14.4. The van der Waals surface area contributed by atoms with E-state index in [9.17, 15) is 0 Å². The van der Waals surface area contributed by atoms with Crippen molar-refractivity contribution in [3.05, 3.63) is 59.2 Å². The summed E-state index contributed by atoms with van der Waals surface area (Å²) in [5.41, 5.74) is 9.33. The van der Waals surface area contributed by atoms with Crippen molar-refractivity contribution in [3.63, 3.8) is 0 Å². The molecule has 0 aromatic heterocycles. The summed E-state index contributed by atoms with van der Waals surface area (Å²) in [6, 6.07) is 14.4. The Kier molecular flexibility index (Phi) is 5.02. The van der Waals surface area contributed by atoms with Crippen molar-refractivity contribution >= 4 is 0 Å². The molecule has 3 nitrogen and oxygen atoms in total. The van der Waals surface area contributed by atoms with Crippen LogP contribution in [0.25, 0.3) is 0 Å². The van der Waals surface area contributed by atoms with E-state index in [1.807, 2.05) is 24.3 Å². The SMILES string of the molecule is COc1ccc(CCN)c(Cc2ccccc2)c1OC. The first-order valence-electron chi connectivity index (χ1n) is 6.77. The Morgan fingerprint density at radius 2 is 1.70 bits per heavy atom. The lowest BCUT2D eigenvalue weighted by Crippen LogP contribution is -2.08. The average Bonchev–Trinajstić information content (AvgIpc) is 2.49. The van der Waals surface area contributed by atoms with Gasteiger partial charge in [0, 0.05) is 12.0 Å². The minimum absolute atomic E-state index is 0.622. The fourth-order valence-electron chi connectivity index (χ4n) is 2.42. The number of methoxy groups -OCH3 is 2. The largest absolute Gasteiger partial charge is 0.493 e. The van der Waals surface area contributed by atoms with Gasteiger partial charge in [0.05, 0.1) is 14.2 Å². The summed E-state index contributed by atoms with van der Waals surface area (Å²) in [7, 11) is 3.34. The van der Waals surface area contributed by atoms with Crippen molar-refractivity contribution in [1.82, 2.24) is 0 Å². The van der Waals surface area contributed by atoms with Gasteiger partial charge in [-0.15, -0.1) is 0 Å². The van der Waals surface area contributed by atoms with Gasteiger partial charge in [-0.25, -0.2) is 0 Å². The van der Waals surface area contributed by atoms with Gasteiger partial charge in [-0.3, -0.25) is 0 Å². The molecule has 3 heteroatoms. The predicted molar refractivity (Wildman–Crippen MR) is 81.6 cm³/mol. The zero-order chi connectivity index (χ0) is 14.4. The minimum atomic E-state index is 0.622. The second kappa shape index (κ2) is 6.96. The van der Waals surface area contributed by atoms with Crippen molar-refractivity contribution in [2.24, 2.45) is 5.73 Å². The summed E-state index contributed by atoms with van der Waals surface area (Å²) in [6.07, 6.45) is 1.65. The molecule has 0 unspecified atom stereocenters. The standard InChI is InChI=1S/C17H21NO2/c1-19-16-9-8-14(10-11-18)15(17(16)20-2)12-13-6-4-3-5-7-13/h3-9H,10-12,18H2,1-2H3. The first-order valence-corrected chi connectivity index (χ1v) is 6.77. The van der Waals surface area contributed by atoms with Crippen LogP contribution in [-0.4, -0.2) is 20.8 Å². The molecule has 0 spiro atoms. The maximum absolute atomic E-state index is 5.71. The van der Waals surface area contributed by atoms with Crippen LogP contribution in [0, 0.1) is 0 Å². The summed E-state index contributed by atoms with van der Waals surface area (Å²) in [5, 5.41) is 0. The van der Waals surface area contributed by atoms with Crippen molar-refractivity contribution in [3.8, 4) is 11.5 Å². The van der Waals surface area contributed by atoms with E-state index >= 15 is 0 Å². The highest BCUT2D eigenvalue weighted by Gasteiger charge is 2.14. The molecule has 0 amide bonds. The van der Waals surface area contributed by atoms with Crippen LogP contribution in [0.2, 0.25) is 0 Å². The quantitative estimate of drug-likeness (QED) is 0.878. The lowest BCUT2D eigenvalue weighted by molar-refractivity contribution is 0.351. The van der Waals surface area contributed by atoms with Gasteiger partial charge in [0.15, 0.2) is 11.5 Å². The van der Waals surface area contributed by atoms with Gasteiger partial charge < -0.3 is 15.2 Å². The molecule has 0 fully saturated rings. The van der Waals surface area contributed by atoms with Crippen LogP contribution in [0.15, 0.2) is 42.5 Å². The molecule has 106 valence electrons. The van der Waals surface area contributed by atoms with Crippen LogP contribution in [-0.2, 0) is 12.8 Å². The Balaban J connectivity index is 2.46. The maximum atomic E-state index is 5.71. The molecule has 0 radical (unpaired) electrons. The van der Waals surface area contributed by atoms with E-state index in [0.717, 1.165) is 29.9 Å². The minimum Gasteiger partial charge on any atom is -0.493 e. The molecule has 0 heterocycles. The Morgan fingerprint density at radius 1 is 0.950 bits per heavy atom. The Labute approximate surface area is 120 Å². The molecule has 0 saturated heterocycles. The molecule has 20 heavy (non-hydrogen) atoms. The van der Waals surface area contributed by atoms with E-state index < -0.39 is 0 Å². The third kappa shape index (κ3) is 3.11. The van der Waals surface area contributed by atoms with Gasteiger partial charge in [-0.2, -0.15) is 0 Å². The van der Waals surface area contributed by atoms with Gasteiger partial charge in [0.1, 0.15) is 0 Å². The molecular weight excluding hydrogens is 250 g/mol. The van der Waals surface area contributed by atoms with Crippen LogP contribution >= 0.6 is 0 Å². The van der Waals surface area contributed by atoms with Gasteiger partial charge in [-0.1, -0.05) is 36.4 Å². The lowest BCUT2D eigenvalue weighted by Gasteiger charge is -2.17. The molecule has 2 N–H and O–H groups in total. The molecule has 2 aromatic rings. The molecule has 0 aliphatic rings. The highest BCUT2D eigenvalue weighted by molar-refractivity contribution is 5.52. The molecule has 0 bridgehead atoms. The summed E-state index contributed by atoms with van der Waals surface area (Å²) in [5.74, 6) is 1.57. The van der Waals surface area contributed by atoms with Crippen LogP contribution < -0.4 is 15.2 Å². The summed E-state index contributed by atoms with van der Waals surface area (Å²) in [6.45, 7) is 0.622. The maximum Gasteiger partial charge on any atom is 0.164 e. The highest BCUT2D eigenvalue weighted by Crippen LogP contribution is 2.35. The van der Waals surface area contributed by atoms with E-state index in [1.54, 1.807) is 14.2 Å². The highest BCUT2D eigenvalue weighted by atomic mass is 16.5. The monoisotopic (exact) mass is 271 g/mol. The molecule has 0 aliphatic carbocycles. The summed E-state index contributed by atoms with van der Waals surface area (Å²) < 4.78 is 11.0. The zero-order valence-corrected chi connectivity index (χ0v) is 12.1. The third-order valence-corrected chi connectivity index (χ3v) is 3.38. The number of nitrogens with two attached hydrogens (primary N) is 1.